The number of benzene rings is 1. The SMILES string of the molecule is CN[C@@H](CO)c1ccc(C)cc1N. The molecule has 4 N–H and O–H groups in total. The molecule has 0 aliphatic heterocycles. The number of aliphatic hydroxyl groups excluding tert-OH is 1. The number of nitrogens with two attached hydrogens (primary N) is 1. The van der Waals surface area contributed by atoms with Crippen molar-refractivity contribution in [1.29, 1.82) is 0 Å². The highest BCUT2D eigenvalue weighted by Crippen LogP contribution is 2.20. The highest BCUT2D eigenvalue weighted by molar-refractivity contribution is 5.50. The summed E-state index contributed by atoms with van der Waals surface area (Å²) in [5, 5.41) is 12.1. The van der Waals surface area contributed by atoms with Crippen molar-refractivity contribution in [3.8, 4) is 0 Å². The molecule has 0 spiro atoms. The summed E-state index contributed by atoms with van der Waals surface area (Å²) in [5.74, 6) is 0. The van der Waals surface area contributed by atoms with E-state index >= 15 is 0 Å². The quantitative estimate of drug-likeness (QED) is 0.604. The Morgan fingerprint density at radius 1 is 1.54 bits per heavy atom. The van der Waals surface area contributed by atoms with Gasteiger partial charge in [-0.05, 0) is 31.2 Å². The molecule has 0 aliphatic carbocycles. The van der Waals surface area contributed by atoms with E-state index < -0.39 is 0 Å². The number of nitrogens with one attached hydrogen (secondary N) is 1. The monoisotopic (exact) mass is 180 g/mol. The molecule has 0 unspecified atom stereocenters. The van der Waals surface area contributed by atoms with Crippen LogP contribution in [0, 0.1) is 6.92 Å². The van der Waals surface area contributed by atoms with Gasteiger partial charge in [0.1, 0.15) is 0 Å². The number of rotatable bonds is 3. The Morgan fingerprint density at radius 2 is 2.23 bits per heavy atom. The normalized spacial score (nSPS) is 12.8. The van der Waals surface area contributed by atoms with Gasteiger partial charge in [-0.2, -0.15) is 0 Å². The van der Waals surface area contributed by atoms with Crippen LogP contribution in [0.25, 0.3) is 0 Å². The van der Waals surface area contributed by atoms with Gasteiger partial charge >= 0.3 is 0 Å². The summed E-state index contributed by atoms with van der Waals surface area (Å²) in [6.45, 7) is 2.05. The minimum absolute atomic E-state index is 0.0593. The van der Waals surface area contributed by atoms with Crippen LogP contribution < -0.4 is 11.1 Å². The smallest absolute Gasteiger partial charge is 0.0627 e. The molecule has 0 aliphatic rings. The van der Waals surface area contributed by atoms with Crippen molar-refractivity contribution in [1.82, 2.24) is 5.32 Å². The lowest BCUT2D eigenvalue weighted by atomic mass is 10.0. The fourth-order valence-corrected chi connectivity index (χ4v) is 1.36. The first-order valence-electron chi connectivity index (χ1n) is 4.33. The zero-order valence-electron chi connectivity index (χ0n) is 8.04. The number of hydrogen-bond donors (Lipinski definition) is 3. The standard InChI is InChI=1S/C10H16N2O/c1-7-3-4-8(9(11)5-7)10(6-13)12-2/h3-5,10,12-13H,6,11H2,1-2H3/t10-/m0/s1. The summed E-state index contributed by atoms with van der Waals surface area (Å²) < 4.78 is 0. The van der Waals surface area contributed by atoms with Gasteiger partial charge in [0.15, 0.2) is 0 Å². The predicted molar refractivity (Wildman–Crippen MR) is 54.5 cm³/mol. The van der Waals surface area contributed by atoms with Crippen molar-refractivity contribution in [3.63, 3.8) is 0 Å². The average molecular weight is 180 g/mol. The highest BCUT2D eigenvalue weighted by atomic mass is 16.3. The van der Waals surface area contributed by atoms with Crippen LogP contribution in [0.15, 0.2) is 18.2 Å². The topological polar surface area (TPSA) is 58.3 Å². The summed E-state index contributed by atoms with van der Waals surface area (Å²) in [6, 6.07) is 5.78. The molecule has 0 radical (unpaired) electrons. The van der Waals surface area contributed by atoms with Crippen LogP contribution in [0.2, 0.25) is 0 Å². The Balaban J connectivity index is 2.99. The van der Waals surface area contributed by atoms with Crippen LogP contribution in [0.5, 0.6) is 0 Å². The van der Waals surface area contributed by atoms with Crippen molar-refractivity contribution >= 4 is 5.69 Å². The van der Waals surface area contributed by atoms with Gasteiger partial charge in [0.2, 0.25) is 0 Å². The molecule has 0 saturated carbocycles. The largest absolute Gasteiger partial charge is 0.398 e. The molecule has 0 heterocycles. The number of aliphatic hydroxyl groups is 1. The van der Waals surface area contributed by atoms with E-state index in [1.165, 1.54) is 0 Å². The minimum Gasteiger partial charge on any atom is -0.398 e. The van der Waals surface area contributed by atoms with E-state index in [9.17, 15) is 0 Å². The first-order valence-corrected chi connectivity index (χ1v) is 4.33. The van der Waals surface area contributed by atoms with E-state index in [-0.39, 0.29) is 12.6 Å². The molecular formula is C10H16N2O. The first-order chi connectivity index (χ1) is 6.19. The average Bonchev–Trinajstić information content (AvgIpc) is 2.10. The summed E-state index contributed by atoms with van der Waals surface area (Å²) in [5.41, 5.74) is 8.64. The molecule has 13 heavy (non-hydrogen) atoms. The third-order valence-corrected chi connectivity index (χ3v) is 2.15. The minimum atomic E-state index is -0.0689. The molecule has 1 aromatic carbocycles. The molecule has 0 fully saturated rings. The summed E-state index contributed by atoms with van der Waals surface area (Å²) >= 11 is 0. The van der Waals surface area contributed by atoms with E-state index in [1.54, 1.807) is 7.05 Å². The van der Waals surface area contributed by atoms with Gasteiger partial charge in [-0.15, -0.1) is 0 Å². The van der Waals surface area contributed by atoms with Gasteiger partial charge in [0.05, 0.1) is 12.6 Å². The summed E-state index contributed by atoms with van der Waals surface area (Å²) in [4.78, 5) is 0. The van der Waals surface area contributed by atoms with E-state index in [0.29, 0.717) is 0 Å². The molecule has 1 rings (SSSR count). The zero-order valence-corrected chi connectivity index (χ0v) is 8.04. The van der Waals surface area contributed by atoms with Gasteiger partial charge in [-0.25, -0.2) is 0 Å². The van der Waals surface area contributed by atoms with Gasteiger partial charge in [-0.3, -0.25) is 0 Å². The van der Waals surface area contributed by atoms with E-state index in [4.69, 9.17) is 10.8 Å². The predicted octanol–water partition coefficient (Wildman–Crippen LogP) is 0.830. The molecule has 3 heteroatoms. The second kappa shape index (κ2) is 4.25. The Bertz CT molecular complexity index is 282. The summed E-state index contributed by atoms with van der Waals surface area (Å²) in [7, 11) is 1.81. The third-order valence-electron chi connectivity index (χ3n) is 2.15. The number of nitrogen functional groups attached to an aromatic ring is 1. The van der Waals surface area contributed by atoms with Gasteiger partial charge in [0.25, 0.3) is 0 Å². The van der Waals surface area contributed by atoms with Crippen LogP contribution in [-0.2, 0) is 0 Å². The second-order valence-corrected chi connectivity index (χ2v) is 3.16. The Labute approximate surface area is 78.6 Å². The van der Waals surface area contributed by atoms with Crippen molar-refractivity contribution in [3.05, 3.63) is 29.3 Å². The van der Waals surface area contributed by atoms with Crippen LogP contribution in [0.3, 0.4) is 0 Å². The molecule has 1 atom stereocenters. The van der Waals surface area contributed by atoms with Crippen LogP contribution in [-0.4, -0.2) is 18.8 Å². The number of hydrogen-bond acceptors (Lipinski definition) is 3. The maximum Gasteiger partial charge on any atom is 0.0627 e. The molecule has 3 nitrogen and oxygen atoms in total. The fraction of sp³-hybridized carbons (Fsp3) is 0.400. The fourth-order valence-electron chi connectivity index (χ4n) is 1.36. The number of anilines is 1. The van der Waals surface area contributed by atoms with Crippen molar-refractivity contribution in [2.75, 3.05) is 19.4 Å². The van der Waals surface area contributed by atoms with E-state index in [1.807, 2.05) is 25.1 Å². The Hall–Kier alpha value is -1.06. The lowest BCUT2D eigenvalue weighted by Crippen LogP contribution is -2.21. The molecule has 0 saturated heterocycles. The highest BCUT2D eigenvalue weighted by Gasteiger charge is 2.10. The van der Waals surface area contributed by atoms with Crippen LogP contribution in [0.4, 0.5) is 5.69 Å². The Morgan fingerprint density at radius 3 is 2.69 bits per heavy atom. The lowest BCUT2D eigenvalue weighted by molar-refractivity contribution is 0.251. The van der Waals surface area contributed by atoms with Gasteiger partial charge in [-0.1, -0.05) is 12.1 Å². The molecule has 0 amide bonds. The molecule has 72 valence electrons. The van der Waals surface area contributed by atoms with Crippen molar-refractivity contribution in [2.24, 2.45) is 0 Å². The number of aryl methyl sites for hydroxylation is 1. The lowest BCUT2D eigenvalue weighted by Gasteiger charge is -2.15. The number of likely N-dealkylation sites (N-methyl/N-ethyl adjacent to an activating group) is 1. The Kier molecular flexibility index (Phi) is 3.28. The second-order valence-electron chi connectivity index (χ2n) is 3.16. The van der Waals surface area contributed by atoms with Crippen LogP contribution >= 0.6 is 0 Å². The summed E-state index contributed by atoms with van der Waals surface area (Å²) in [6.07, 6.45) is 0. The van der Waals surface area contributed by atoms with Crippen molar-refractivity contribution in [2.45, 2.75) is 13.0 Å². The maximum absolute atomic E-state index is 9.06. The van der Waals surface area contributed by atoms with Crippen LogP contribution in [0.1, 0.15) is 17.2 Å². The van der Waals surface area contributed by atoms with Gasteiger partial charge < -0.3 is 16.2 Å². The molecule has 0 aromatic heterocycles. The van der Waals surface area contributed by atoms with Gasteiger partial charge in [0, 0.05) is 5.69 Å². The molecule has 1 aromatic rings. The maximum atomic E-state index is 9.06. The first kappa shape index (κ1) is 10.0. The van der Waals surface area contributed by atoms with E-state index in [0.717, 1.165) is 16.8 Å². The molecule has 0 bridgehead atoms. The zero-order chi connectivity index (χ0) is 9.84. The van der Waals surface area contributed by atoms with E-state index in [2.05, 4.69) is 5.32 Å². The van der Waals surface area contributed by atoms with Crippen molar-refractivity contribution < 1.29 is 5.11 Å². The molecular weight excluding hydrogens is 164 g/mol. The third kappa shape index (κ3) is 2.20.